The van der Waals surface area contributed by atoms with E-state index in [1.807, 2.05) is 0 Å². The Morgan fingerprint density at radius 1 is 1.42 bits per heavy atom. The van der Waals surface area contributed by atoms with Gasteiger partial charge in [-0.3, -0.25) is 9.59 Å². The Hall–Kier alpha value is -1.62. The smallest absolute Gasteiger partial charge is 0.305 e. The number of nitrogens with zero attached hydrogens (tertiary/aromatic N) is 1. The van der Waals surface area contributed by atoms with Crippen LogP contribution in [-0.2, 0) is 4.79 Å². The summed E-state index contributed by atoms with van der Waals surface area (Å²) in [5.74, 6) is -2.14. The molecule has 1 amide bonds. The van der Waals surface area contributed by atoms with E-state index in [1.165, 1.54) is 17.0 Å². The fourth-order valence-electron chi connectivity index (χ4n) is 1.63. The normalized spacial score (nSPS) is 10.6. The number of aliphatic carboxylic acids is 1. The molecule has 4 nitrogen and oxygen atoms in total. The van der Waals surface area contributed by atoms with Crippen LogP contribution < -0.4 is 0 Å². The third-order valence-corrected chi connectivity index (χ3v) is 3.02. The molecule has 0 atom stereocenters. The van der Waals surface area contributed by atoms with Crippen LogP contribution in [0.2, 0.25) is 5.02 Å². The number of halogens is 2. The number of carboxylic acid groups (broad SMARTS) is 1. The second kappa shape index (κ2) is 6.52. The lowest BCUT2D eigenvalue weighted by Crippen LogP contribution is -2.38. The fourth-order valence-corrected chi connectivity index (χ4v) is 1.84. The van der Waals surface area contributed by atoms with Crippen LogP contribution >= 0.6 is 11.6 Å². The maximum absolute atomic E-state index is 13.3. The number of amides is 1. The molecule has 1 aromatic carbocycles. The molecule has 19 heavy (non-hydrogen) atoms. The molecule has 0 saturated carbocycles. The van der Waals surface area contributed by atoms with Crippen LogP contribution in [0.4, 0.5) is 4.39 Å². The van der Waals surface area contributed by atoms with Gasteiger partial charge in [0.2, 0.25) is 0 Å². The van der Waals surface area contributed by atoms with Crippen LogP contribution in [0.25, 0.3) is 0 Å². The van der Waals surface area contributed by atoms with Crippen molar-refractivity contribution in [3.63, 3.8) is 0 Å². The highest BCUT2D eigenvalue weighted by molar-refractivity contribution is 6.34. The monoisotopic (exact) mass is 287 g/mol. The van der Waals surface area contributed by atoms with Gasteiger partial charge in [0, 0.05) is 12.6 Å². The highest BCUT2D eigenvalue weighted by Gasteiger charge is 2.22. The molecule has 0 aliphatic carbocycles. The average molecular weight is 288 g/mol. The molecule has 0 radical (unpaired) electrons. The topological polar surface area (TPSA) is 57.6 Å². The highest BCUT2D eigenvalue weighted by Crippen LogP contribution is 2.22. The van der Waals surface area contributed by atoms with E-state index in [9.17, 15) is 14.0 Å². The number of benzene rings is 1. The van der Waals surface area contributed by atoms with Crippen LogP contribution in [-0.4, -0.2) is 34.5 Å². The van der Waals surface area contributed by atoms with E-state index >= 15 is 0 Å². The van der Waals surface area contributed by atoms with Gasteiger partial charge in [-0.1, -0.05) is 17.7 Å². The lowest BCUT2D eigenvalue weighted by Gasteiger charge is -2.26. The molecule has 1 N–H and O–H groups in total. The second-order valence-corrected chi connectivity index (χ2v) is 4.72. The van der Waals surface area contributed by atoms with Gasteiger partial charge in [-0.05, 0) is 26.0 Å². The fraction of sp³-hybridized carbons (Fsp3) is 0.385. The molecule has 0 heterocycles. The molecule has 0 saturated heterocycles. The van der Waals surface area contributed by atoms with Crippen molar-refractivity contribution in [2.45, 2.75) is 26.3 Å². The van der Waals surface area contributed by atoms with Crippen LogP contribution in [0.15, 0.2) is 18.2 Å². The summed E-state index contributed by atoms with van der Waals surface area (Å²) in [6.07, 6.45) is -0.170. The minimum atomic E-state index is -0.996. The van der Waals surface area contributed by atoms with Gasteiger partial charge in [0.05, 0.1) is 17.0 Å². The summed E-state index contributed by atoms with van der Waals surface area (Å²) in [6, 6.07) is 3.77. The van der Waals surface area contributed by atoms with Gasteiger partial charge in [0.15, 0.2) is 0 Å². The number of carbonyl (C=O) groups is 2. The summed E-state index contributed by atoms with van der Waals surface area (Å²) in [5, 5.41) is 8.43. The van der Waals surface area contributed by atoms with E-state index in [2.05, 4.69) is 0 Å². The van der Waals surface area contributed by atoms with Gasteiger partial charge < -0.3 is 10.0 Å². The van der Waals surface area contributed by atoms with Crippen molar-refractivity contribution < 1.29 is 19.1 Å². The molecular weight excluding hydrogens is 273 g/mol. The van der Waals surface area contributed by atoms with Crippen LogP contribution in [0.5, 0.6) is 0 Å². The van der Waals surface area contributed by atoms with Crippen molar-refractivity contribution >= 4 is 23.5 Å². The molecule has 6 heteroatoms. The van der Waals surface area contributed by atoms with Gasteiger partial charge in [-0.15, -0.1) is 0 Å². The lowest BCUT2D eigenvalue weighted by atomic mass is 10.1. The van der Waals surface area contributed by atoms with E-state index in [-0.39, 0.29) is 29.6 Å². The van der Waals surface area contributed by atoms with Crippen LogP contribution in [0.3, 0.4) is 0 Å². The van der Waals surface area contributed by atoms with Crippen molar-refractivity contribution in [3.05, 3.63) is 34.6 Å². The SMILES string of the molecule is CC(C)N(CCC(=O)O)C(=O)c1cccc(F)c1Cl. The Kier molecular flexibility index (Phi) is 5.30. The Balaban J connectivity index is 2.99. The van der Waals surface area contributed by atoms with Crippen molar-refractivity contribution in [2.75, 3.05) is 6.54 Å². The van der Waals surface area contributed by atoms with Crippen LogP contribution in [0, 0.1) is 5.82 Å². The minimum absolute atomic E-state index is 0.0424. The van der Waals surface area contributed by atoms with Crippen LogP contribution in [0.1, 0.15) is 30.6 Å². The average Bonchev–Trinajstić information content (AvgIpc) is 2.31. The number of carbonyl (C=O) groups excluding carboxylic acids is 1. The summed E-state index contributed by atoms with van der Waals surface area (Å²) < 4.78 is 13.3. The first kappa shape index (κ1) is 15.4. The number of hydrogen-bond acceptors (Lipinski definition) is 2. The van der Waals surface area contributed by atoms with Gasteiger partial charge >= 0.3 is 5.97 Å². The molecule has 1 aromatic rings. The zero-order valence-electron chi connectivity index (χ0n) is 10.7. The van der Waals surface area contributed by atoms with Crippen molar-refractivity contribution in [2.24, 2.45) is 0 Å². The summed E-state index contributed by atoms with van der Waals surface area (Å²) in [7, 11) is 0. The maximum atomic E-state index is 13.3. The van der Waals surface area contributed by atoms with Crippen molar-refractivity contribution in [3.8, 4) is 0 Å². The van der Waals surface area contributed by atoms with E-state index in [0.29, 0.717) is 0 Å². The second-order valence-electron chi connectivity index (χ2n) is 4.34. The van der Waals surface area contributed by atoms with Crippen molar-refractivity contribution in [1.82, 2.24) is 4.90 Å². The van der Waals surface area contributed by atoms with Gasteiger partial charge in [0.25, 0.3) is 5.91 Å². The van der Waals surface area contributed by atoms with Gasteiger partial charge in [-0.2, -0.15) is 0 Å². The molecule has 0 aliphatic rings. The number of hydrogen-bond donors (Lipinski definition) is 1. The summed E-state index contributed by atoms with van der Waals surface area (Å²) >= 11 is 5.76. The lowest BCUT2D eigenvalue weighted by molar-refractivity contribution is -0.137. The molecule has 0 aromatic heterocycles. The predicted octanol–water partition coefficient (Wildman–Crippen LogP) is 2.80. The van der Waals surface area contributed by atoms with E-state index in [0.717, 1.165) is 6.07 Å². The van der Waals surface area contributed by atoms with Gasteiger partial charge in [-0.25, -0.2) is 4.39 Å². The van der Waals surface area contributed by atoms with E-state index in [4.69, 9.17) is 16.7 Å². The van der Waals surface area contributed by atoms with Gasteiger partial charge in [0.1, 0.15) is 5.82 Å². The Morgan fingerprint density at radius 3 is 2.58 bits per heavy atom. The molecule has 0 fully saturated rings. The molecule has 0 spiro atoms. The first-order chi connectivity index (χ1) is 8.84. The highest BCUT2D eigenvalue weighted by atomic mass is 35.5. The quantitative estimate of drug-likeness (QED) is 0.906. The Morgan fingerprint density at radius 2 is 2.05 bits per heavy atom. The first-order valence-corrected chi connectivity index (χ1v) is 6.19. The Labute approximate surface area is 115 Å². The number of carboxylic acids is 1. The standard InChI is InChI=1S/C13H15ClFNO3/c1-8(2)16(7-6-11(17)18)13(19)9-4-3-5-10(15)12(9)14/h3-5,8H,6-7H2,1-2H3,(H,17,18). The minimum Gasteiger partial charge on any atom is -0.481 e. The molecule has 1 rings (SSSR count). The summed E-state index contributed by atoms with van der Waals surface area (Å²) in [6.45, 7) is 3.57. The summed E-state index contributed by atoms with van der Waals surface area (Å²) in [4.78, 5) is 24.2. The molecular formula is C13H15ClFNO3. The molecule has 0 aliphatic heterocycles. The van der Waals surface area contributed by atoms with Crippen molar-refractivity contribution in [1.29, 1.82) is 0 Å². The largest absolute Gasteiger partial charge is 0.481 e. The zero-order valence-corrected chi connectivity index (χ0v) is 11.4. The number of rotatable bonds is 5. The third kappa shape index (κ3) is 3.92. The van der Waals surface area contributed by atoms with E-state index < -0.39 is 17.7 Å². The molecule has 0 unspecified atom stereocenters. The zero-order chi connectivity index (χ0) is 14.6. The Bertz CT molecular complexity index is 491. The first-order valence-electron chi connectivity index (χ1n) is 5.81. The maximum Gasteiger partial charge on any atom is 0.305 e. The predicted molar refractivity (Wildman–Crippen MR) is 69.8 cm³/mol. The molecule has 0 bridgehead atoms. The third-order valence-electron chi connectivity index (χ3n) is 2.63. The summed E-state index contributed by atoms with van der Waals surface area (Å²) in [5.41, 5.74) is 0.0424. The van der Waals surface area contributed by atoms with E-state index in [1.54, 1.807) is 13.8 Å². The molecule has 104 valence electrons.